The third-order valence-electron chi connectivity index (χ3n) is 7.16. The zero-order chi connectivity index (χ0) is 29.1. The van der Waals surface area contributed by atoms with E-state index in [2.05, 4.69) is 5.32 Å². The van der Waals surface area contributed by atoms with E-state index in [1.54, 1.807) is 36.3 Å². The summed E-state index contributed by atoms with van der Waals surface area (Å²) in [5.41, 5.74) is 1.36. The molecule has 1 N–H and O–H groups in total. The molecule has 2 amide bonds. The second-order valence-corrected chi connectivity index (χ2v) is 12.1. The number of methoxy groups -OCH3 is 1. The van der Waals surface area contributed by atoms with Gasteiger partial charge in [0.25, 0.3) is 0 Å². The summed E-state index contributed by atoms with van der Waals surface area (Å²) in [6, 6.07) is 13.8. The largest absolute Gasteiger partial charge is 0.497 e. The molecule has 2 aromatic carbocycles. The fourth-order valence-electron chi connectivity index (χ4n) is 5.13. The molecule has 0 unspecified atom stereocenters. The highest BCUT2D eigenvalue weighted by Gasteiger charge is 2.30. The quantitative estimate of drug-likeness (QED) is 0.336. The van der Waals surface area contributed by atoms with Gasteiger partial charge in [0.2, 0.25) is 21.8 Å². The van der Waals surface area contributed by atoms with Gasteiger partial charge in [-0.25, -0.2) is 8.42 Å². The van der Waals surface area contributed by atoms with Crippen LogP contribution in [0.15, 0.2) is 48.5 Å². The number of anilines is 1. The van der Waals surface area contributed by atoms with E-state index in [0.29, 0.717) is 36.6 Å². The van der Waals surface area contributed by atoms with E-state index < -0.39 is 16.1 Å². The first-order valence-electron chi connectivity index (χ1n) is 14.1. The number of rotatable bonds is 15. The standard InChI is InChI=1S/C30H43N3O6S/c1-5-28(30(35)31-24-12-7-8-13-24)32(22-23-11-9-14-27(21-23)38-3)29(34)15-10-20-33(40(4,36)37)25-16-18-26(19-17-25)39-6-2/h9,11,14,16-19,21,24,28H,5-8,10,12-13,15,20,22H2,1-4H3,(H,31,35)/t28-/m0/s1. The summed E-state index contributed by atoms with van der Waals surface area (Å²) in [5, 5.41) is 3.15. The van der Waals surface area contributed by atoms with Gasteiger partial charge in [-0.2, -0.15) is 0 Å². The highest BCUT2D eigenvalue weighted by molar-refractivity contribution is 7.92. The number of ether oxygens (including phenoxy) is 2. The first-order valence-corrected chi connectivity index (χ1v) is 15.9. The van der Waals surface area contributed by atoms with Crippen molar-refractivity contribution < 1.29 is 27.5 Å². The Morgan fingerprint density at radius 3 is 2.35 bits per heavy atom. The Morgan fingerprint density at radius 2 is 1.75 bits per heavy atom. The predicted molar refractivity (Wildman–Crippen MR) is 157 cm³/mol. The molecule has 10 heteroatoms. The molecule has 0 aliphatic heterocycles. The maximum absolute atomic E-state index is 13.7. The molecule has 0 aromatic heterocycles. The maximum Gasteiger partial charge on any atom is 0.243 e. The Morgan fingerprint density at radius 1 is 1.05 bits per heavy atom. The number of carbonyl (C=O) groups excluding carboxylic acids is 2. The highest BCUT2D eigenvalue weighted by atomic mass is 32.2. The molecule has 9 nitrogen and oxygen atoms in total. The van der Waals surface area contributed by atoms with E-state index in [9.17, 15) is 18.0 Å². The number of hydrogen-bond acceptors (Lipinski definition) is 6. The van der Waals surface area contributed by atoms with Gasteiger partial charge in [0.15, 0.2) is 0 Å². The number of nitrogens with zero attached hydrogens (tertiary/aromatic N) is 2. The van der Waals surface area contributed by atoms with E-state index in [0.717, 1.165) is 37.5 Å². The second-order valence-electron chi connectivity index (χ2n) is 10.2. The van der Waals surface area contributed by atoms with Crippen LogP contribution in [0.3, 0.4) is 0 Å². The molecular formula is C30H43N3O6S. The average Bonchev–Trinajstić information content (AvgIpc) is 3.44. The van der Waals surface area contributed by atoms with Gasteiger partial charge >= 0.3 is 0 Å². The van der Waals surface area contributed by atoms with Crippen LogP contribution in [-0.2, 0) is 26.2 Å². The van der Waals surface area contributed by atoms with E-state index in [4.69, 9.17) is 9.47 Å². The van der Waals surface area contributed by atoms with Gasteiger partial charge < -0.3 is 19.7 Å². The molecule has 1 fully saturated rings. The number of nitrogens with one attached hydrogen (secondary N) is 1. The van der Waals surface area contributed by atoms with Crippen LogP contribution < -0.4 is 19.1 Å². The van der Waals surface area contributed by atoms with E-state index in [1.807, 2.05) is 38.1 Å². The van der Waals surface area contributed by atoms with Crippen LogP contribution >= 0.6 is 0 Å². The predicted octanol–water partition coefficient (Wildman–Crippen LogP) is 4.51. The Kier molecular flexibility index (Phi) is 11.7. The van der Waals surface area contributed by atoms with Crippen LogP contribution in [0, 0.1) is 0 Å². The molecule has 220 valence electrons. The number of benzene rings is 2. The number of hydrogen-bond donors (Lipinski definition) is 1. The number of amides is 2. The molecule has 0 spiro atoms. The Balaban J connectivity index is 1.75. The molecule has 0 bridgehead atoms. The van der Waals surface area contributed by atoms with E-state index >= 15 is 0 Å². The third kappa shape index (κ3) is 8.87. The van der Waals surface area contributed by atoms with Gasteiger partial charge in [0, 0.05) is 25.6 Å². The van der Waals surface area contributed by atoms with Crippen molar-refractivity contribution >= 4 is 27.5 Å². The molecule has 1 aliphatic rings. The van der Waals surface area contributed by atoms with Crippen molar-refractivity contribution in [1.29, 1.82) is 0 Å². The van der Waals surface area contributed by atoms with E-state index in [1.165, 1.54) is 4.31 Å². The van der Waals surface area contributed by atoms with Crippen molar-refractivity contribution in [2.24, 2.45) is 0 Å². The van der Waals surface area contributed by atoms with Crippen LogP contribution in [0.2, 0.25) is 0 Å². The topological polar surface area (TPSA) is 105 Å². The van der Waals surface area contributed by atoms with Crippen LogP contribution in [0.1, 0.15) is 64.4 Å². The van der Waals surface area contributed by atoms with Crippen molar-refractivity contribution in [2.45, 2.75) is 77.4 Å². The Labute approximate surface area is 238 Å². The first-order chi connectivity index (χ1) is 19.2. The molecule has 1 saturated carbocycles. The minimum atomic E-state index is -3.58. The molecule has 0 saturated heterocycles. The summed E-state index contributed by atoms with van der Waals surface area (Å²) in [6.07, 6.45) is 6.13. The van der Waals surface area contributed by atoms with Gasteiger partial charge in [0.1, 0.15) is 17.5 Å². The summed E-state index contributed by atoms with van der Waals surface area (Å²) in [6.45, 7) is 4.69. The summed E-state index contributed by atoms with van der Waals surface area (Å²) in [7, 11) is -1.99. The summed E-state index contributed by atoms with van der Waals surface area (Å²) in [4.78, 5) is 28.6. The van der Waals surface area contributed by atoms with Crippen LogP contribution in [0.4, 0.5) is 5.69 Å². The smallest absolute Gasteiger partial charge is 0.243 e. The van der Waals surface area contributed by atoms with Crippen molar-refractivity contribution in [1.82, 2.24) is 10.2 Å². The molecule has 40 heavy (non-hydrogen) atoms. The average molecular weight is 574 g/mol. The monoisotopic (exact) mass is 573 g/mol. The third-order valence-corrected chi connectivity index (χ3v) is 8.36. The zero-order valence-electron chi connectivity index (χ0n) is 24.1. The van der Waals surface area contributed by atoms with E-state index in [-0.39, 0.29) is 37.4 Å². The van der Waals surface area contributed by atoms with Gasteiger partial charge in [-0.3, -0.25) is 13.9 Å². The fraction of sp³-hybridized carbons (Fsp3) is 0.533. The lowest BCUT2D eigenvalue weighted by Crippen LogP contribution is -2.51. The zero-order valence-corrected chi connectivity index (χ0v) is 24.9. The molecule has 1 aliphatic carbocycles. The summed E-state index contributed by atoms with van der Waals surface area (Å²) >= 11 is 0. The SMILES string of the molecule is CCOc1ccc(N(CCCC(=O)N(Cc2cccc(OC)c2)[C@@H](CC)C(=O)NC2CCCC2)S(C)(=O)=O)cc1. The lowest BCUT2D eigenvalue weighted by Gasteiger charge is -2.32. The Bertz CT molecular complexity index is 1210. The lowest BCUT2D eigenvalue weighted by molar-refractivity contribution is -0.141. The first kappa shape index (κ1) is 31.3. The minimum absolute atomic E-state index is 0.0974. The molecule has 0 radical (unpaired) electrons. The maximum atomic E-state index is 13.7. The molecule has 1 atom stereocenters. The van der Waals surface area contributed by atoms with Crippen molar-refractivity contribution in [3.05, 3.63) is 54.1 Å². The Hall–Kier alpha value is -3.27. The highest BCUT2D eigenvalue weighted by Crippen LogP contribution is 2.24. The lowest BCUT2D eigenvalue weighted by atomic mass is 10.1. The summed E-state index contributed by atoms with van der Waals surface area (Å²) < 4.78 is 37.3. The van der Waals surface area contributed by atoms with Crippen LogP contribution in [0.25, 0.3) is 0 Å². The van der Waals surface area contributed by atoms with Crippen LogP contribution in [0.5, 0.6) is 11.5 Å². The second kappa shape index (κ2) is 14.9. The molecular weight excluding hydrogens is 530 g/mol. The number of carbonyl (C=O) groups is 2. The van der Waals surface area contributed by atoms with Gasteiger partial charge in [-0.15, -0.1) is 0 Å². The van der Waals surface area contributed by atoms with Gasteiger partial charge in [-0.1, -0.05) is 31.9 Å². The van der Waals surface area contributed by atoms with Crippen molar-refractivity contribution in [3.63, 3.8) is 0 Å². The molecule has 3 rings (SSSR count). The summed E-state index contributed by atoms with van der Waals surface area (Å²) in [5.74, 6) is 0.992. The van der Waals surface area contributed by atoms with Gasteiger partial charge in [-0.05, 0) is 74.6 Å². The fourth-order valence-corrected chi connectivity index (χ4v) is 6.10. The number of sulfonamides is 1. The van der Waals surface area contributed by atoms with Crippen LogP contribution in [-0.4, -0.2) is 63.7 Å². The van der Waals surface area contributed by atoms with Crippen molar-refractivity contribution in [2.75, 3.05) is 30.8 Å². The van der Waals surface area contributed by atoms with Gasteiger partial charge in [0.05, 0.1) is 25.7 Å². The minimum Gasteiger partial charge on any atom is -0.497 e. The molecule has 0 heterocycles. The van der Waals surface area contributed by atoms with Crippen molar-refractivity contribution in [3.8, 4) is 11.5 Å². The molecule has 2 aromatic rings. The normalized spacial score (nSPS) is 14.4.